The van der Waals surface area contributed by atoms with Gasteiger partial charge in [0, 0.05) is 31.7 Å². The fraction of sp³-hybridized carbons (Fsp3) is 0.364. The van der Waals surface area contributed by atoms with E-state index in [1.54, 1.807) is 18.2 Å². The topological polar surface area (TPSA) is 52.7 Å². The largest absolute Gasteiger partial charge is 0.336 e. The fourth-order valence-corrected chi connectivity index (χ4v) is 3.73. The van der Waals surface area contributed by atoms with Crippen LogP contribution >= 0.6 is 23.2 Å². The zero-order chi connectivity index (χ0) is 21.0. The maximum absolute atomic E-state index is 12.7. The first-order valence-electron chi connectivity index (χ1n) is 9.77. The lowest BCUT2D eigenvalue weighted by Crippen LogP contribution is -2.54. The molecule has 0 spiro atoms. The van der Waals surface area contributed by atoms with Crippen molar-refractivity contribution in [3.05, 3.63) is 63.6 Å². The fourth-order valence-electron chi connectivity index (χ4n) is 3.38. The lowest BCUT2D eigenvalue weighted by molar-refractivity contribution is -0.121. The Labute approximate surface area is 181 Å². The SMILES string of the molecule is CCc1ccc(C(=O)N2CCN(C(C)C(=O)Nc3cccc(Cl)c3Cl)CC2)cc1. The van der Waals surface area contributed by atoms with Crippen molar-refractivity contribution < 1.29 is 9.59 Å². The number of rotatable bonds is 5. The number of halogens is 2. The molecule has 0 aromatic heterocycles. The highest BCUT2D eigenvalue weighted by molar-refractivity contribution is 6.44. The van der Waals surface area contributed by atoms with Gasteiger partial charge < -0.3 is 10.2 Å². The molecule has 7 heteroatoms. The molecule has 2 aromatic carbocycles. The molecule has 1 atom stereocenters. The van der Waals surface area contributed by atoms with E-state index in [1.165, 1.54) is 5.56 Å². The van der Waals surface area contributed by atoms with E-state index in [2.05, 4.69) is 17.1 Å². The Morgan fingerprint density at radius 2 is 1.69 bits per heavy atom. The molecule has 154 valence electrons. The molecule has 0 radical (unpaired) electrons. The van der Waals surface area contributed by atoms with E-state index < -0.39 is 0 Å². The summed E-state index contributed by atoms with van der Waals surface area (Å²) in [4.78, 5) is 29.3. The molecule has 0 saturated carbocycles. The number of nitrogens with zero attached hydrogens (tertiary/aromatic N) is 2. The first kappa shape index (κ1) is 21.6. The molecule has 0 aliphatic carbocycles. The third kappa shape index (κ3) is 5.10. The highest BCUT2D eigenvalue weighted by Crippen LogP contribution is 2.29. The number of anilines is 1. The zero-order valence-corrected chi connectivity index (χ0v) is 18.1. The molecular weight excluding hydrogens is 409 g/mol. The van der Waals surface area contributed by atoms with Crippen LogP contribution in [0.15, 0.2) is 42.5 Å². The number of hydrogen-bond donors (Lipinski definition) is 1. The summed E-state index contributed by atoms with van der Waals surface area (Å²) in [5.41, 5.74) is 2.42. The maximum Gasteiger partial charge on any atom is 0.253 e. The molecule has 1 saturated heterocycles. The molecule has 3 rings (SSSR count). The van der Waals surface area contributed by atoms with Gasteiger partial charge in [0.25, 0.3) is 5.91 Å². The molecule has 1 fully saturated rings. The Kier molecular flexibility index (Phi) is 7.17. The number of carbonyl (C=O) groups is 2. The van der Waals surface area contributed by atoms with Crippen molar-refractivity contribution in [3.8, 4) is 0 Å². The van der Waals surface area contributed by atoms with Gasteiger partial charge in [-0.1, -0.05) is 48.3 Å². The summed E-state index contributed by atoms with van der Waals surface area (Å²) in [6.45, 7) is 6.39. The smallest absolute Gasteiger partial charge is 0.253 e. The Balaban J connectivity index is 1.55. The Hall–Kier alpha value is -2.08. The lowest BCUT2D eigenvalue weighted by atomic mass is 10.1. The Morgan fingerprint density at radius 1 is 1.03 bits per heavy atom. The predicted molar refractivity (Wildman–Crippen MR) is 118 cm³/mol. The average Bonchev–Trinajstić information content (AvgIpc) is 2.76. The molecule has 1 aliphatic heterocycles. The normalized spacial score (nSPS) is 15.8. The summed E-state index contributed by atoms with van der Waals surface area (Å²) < 4.78 is 0. The van der Waals surface area contributed by atoms with Gasteiger partial charge >= 0.3 is 0 Å². The van der Waals surface area contributed by atoms with E-state index in [9.17, 15) is 9.59 Å². The van der Waals surface area contributed by atoms with Gasteiger partial charge in [0.05, 0.1) is 21.8 Å². The number of piperazine rings is 1. The first-order chi connectivity index (χ1) is 13.9. The summed E-state index contributed by atoms with van der Waals surface area (Å²) in [5, 5.41) is 3.57. The van der Waals surface area contributed by atoms with Crippen LogP contribution in [0.5, 0.6) is 0 Å². The van der Waals surface area contributed by atoms with E-state index in [4.69, 9.17) is 23.2 Å². The molecule has 5 nitrogen and oxygen atoms in total. The number of aryl methyl sites for hydroxylation is 1. The molecule has 2 amide bonds. The van der Waals surface area contributed by atoms with Crippen molar-refractivity contribution in [3.63, 3.8) is 0 Å². The quantitative estimate of drug-likeness (QED) is 0.762. The van der Waals surface area contributed by atoms with Crippen LogP contribution < -0.4 is 5.32 Å². The second-order valence-electron chi connectivity index (χ2n) is 7.15. The molecule has 1 aliphatic rings. The summed E-state index contributed by atoms with van der Waals surface area (Å²) in [6.07, 6.45) is 0.952. The monoisotopic (exact) mass is 433 g/mol. The lowest BCUT2D eigenvalue weighted by Gasteiger charge is -2.37. The van der Waals surface area contributed by atoms with Gasteiger partial charge in [0.1, 0.15) is 0 Å². The summed E-state index contributed by atoms with van der Waals surface area (Å²) in [5.74, 6) is -0.112. The molecular formula is C22H25Cl2N3O2. The van der Waals surface area contributed by atoms with E-state index in [0.717, 1.165) is 6.42 Å². The van der Waals surface area contributed by atoms with Crippen molar-refractivity contribution in [1.29, 1.82) is 0 Å². The van der Waals surface area contributed by atoms with Gasteiger partial charge in [-0.2, -0.15) is 0 Å². The third-order valence-corrected chi connectivity index (χ3v) is 6.17. The highest BCUT2D eigenvalue weighted by atomic mass is 35.5. The second-order valence-corrected chi connectivity index (χ2v) is 7.93. The van der Waals surface area contributed by atoms with Crippen LogP contribution in [-0.2, 0) is 11.2 Å². The minimum absolute atomic E-state index is 0.0371. The first-order valence-corrected chi connectivity index (χ1v) is 10.5. The van der Waals surface area contributed by atoms with Crippen LogP contribution in [0.2, 0.25) is 10.0 Å². The highest BCUT2D eigenvalue weighted by Gasteiger charge is 2.28. The summed E-state index contributed by atoms with van der Waals surface area (Å²) in [7, 11) is 0. The number of hydrogen-bond acceptors (Lipinski definition) is 3. The van der Waals surface area contributed by atoms with Crippen LogP contribution in [0.3, 0.4) is 0 Å². The van der Waals surface area contributed by atoms with Crippen LogP contribution in [0, 0.1) is 0 Å². The van der Waals surface area contributed by atoms with E-state index >= 15 is 0 Å². The zero-order valence-electron chi connectivity index (χ0n) is 16.6. The third-order valence-electron chi connectivity index (χ3n) is 5.35. The van der Waals surface area contributed by atoms with Crippen molar-refractivity contribution in [2.24, 2.45) is 0 Å². The molecule has 0 bridgehead atoms. The molecule has 1 N–H and O–H groups in total. The molecule has 1 heterocycles. The number of nitrogens with one attached hydrogen (secondary N) is 1. The van der Waals surface area contributed by atoms with Crippen LogP contribution in [0.1, 0.15) is 29.8 Å². The number of carbonyl (C=O) groups excluding carboxylic acids is 2. The van der Waals surface area contributed by atoms with Gasteiger partial charge in [-0.05, 0) is 43.2 Å². The average molecular weight is 434 g/mol. The van der Waals surface area contributed by atoms with Crippen LogP contribution in [0.25, 0.3) is 0 Å². The van der Waals surface area contributed by atoms with Gasteiger partial charge in [-0.25, -0.2) is 0 Å². The predicted octanol–water partition coefficient (Wildman–Crippen LogP) is 4.34. The molecule has 2 aromatic rings. The summed E-state index contributed by atoms with van der Waals surface area (Å²) >= 11 is 12.2. The van der Waals surface area contributed by atoms with Crippen molar-refractivity contribution in [2.45, 2.75) is 26.3 Å². The Morgan fingerprint density at radius 3 is 2.31 bits per heavy atom. The van der Waals surface area contributed by atoms with Gasteiger partial charge in [0.2, 0.25) is 5.91 Å². The second kappa shape index (κ2) is 9.61. The molecule has 1 unspecified atom stereocenters. The van der Waals surface area contributed by atoms with E-state index in [1.807, 2.05) is 36.1 Å². The van der Waals surface area contributed by atoms with Gasteiger partial charge in [-0.3, -0.25) is 14.5 Å². The number of amides is 2. The molecule has 29 heavy (non-hydrogen) atoms. The van der Waals surface area contributed by atoms with Crippen molar-refractivity contribution >= 4 is 40.7 Å². The minimum Gasteiger partial charge on any atom is -0.336 e. The van der Waals surface area contributed by atoms with Gasteiger partial charge in [-0.15, -0.1) is 0 Å². The van der Waals surface area contributed by atoms with E-state index in [0.29, 0.717) is 47.5 Å². The Bertz CT molecular complexity index is 878. The van der Waals surface area contributed by atoms with Crippen molar-refractivity contribution in [1.82, 2.24) is 9.80 Å². The van der Waals surface area contributed by atoms with Gasteiger partial charge in [0.15, 0.2) is 0 Å². The maximum atomic E-state index is 12.7. The van der Waals surface area contributed by atoms with Crippen molar-refractivity contribution in [2.75, 3.05) is 31.5 Å². The summed E-state index contributed by atoms with van der Waals surface area (Å²) in [6, 6.07) is 12.6. The minimum atomic E-state index is -0.342. The van der Waals surface area contributed by atoms with Crippen LogP contribution in [0.4, 0.5) is 5.69 Å². The van der Waals surface area contributed by atoms with Crippen LogP contribution in [-0.4, -0.2) is 53.8 Å². The number of benzene rings is 2. The van der Waals surface area contributed by atoms with E-state index in [-0.39, 0.29) is 17.9 Å². The standard InChI is InChI=1S/C22H25Cl2N3O2/c1-3-16-7-9-17(10-8-16)22(29)27-13-11-26(12-14-27)15(2)21(28)25-19-6-4-5-18(23)20(19)24/h4-10,15H,3,11-14H2,1-2H3,(H,25,28).